The van der Waals surface area contributed by atoms with Gasteiger partial charge in [-0.2, -0.15) is 23.4 Å². The lowest BCUT2D eigenvalue weighted by atomic mass is 10.1. The summed E-state index contributed by atoms with van der Waals surface area (Å²) in [6, 6.07) is 13.9. The van der Waals surface area contributed by atoms with Gasteiger partial charge in [0.2, 0.25) is 0 Å². The van der Waals surface area contributed by atoms with Gasteiger partial charge in [-0.3, -0.25) is 9.67 Å². The summed E-state index contributed by atoms with van der Waals surface area (Å²) in [5.41, 5.74) is 4.63. The molecule has 0 amide bonds. The summed E-state index contributed by atoms with van der Waals surface area (Å²) in [5.74, 6) is 0. The molecule has 3 heterocycles. The zero-order valence-corrected chi connectivity index (χ0v) is 16.2. The Balaban J connectivity index is 0.000000204. The summed E-state index contributed by atoms with van der Waals surface area (Å²) in [4.78, 5) is 3.12. The van der Waals surface area contributed by atoms with Crippen molar-refractivity contribution in [1.82, 2.24) is 24.5 Å². The van der Waals surface area contributed by atoms with Crippen molar-refractivity contribution in [3.63, 3.8) is 0 Å². The molecule has 150 valence electrons. The lowest BCUT2D eigenvalue weighted by Crippen LogP contribution is -2.06. The van der Waals surface area contributed by atoms with E-state index in [2.05, 4.69) is 36.1 Å². The first-order valence-electron chi connectivity index (χ1n) is 8.86. The molecular weight excluding hydrogens is 379 g/mol. The Labute approximate surface area is 166 Å². The minimum absolute atomic E-state index is 0.852. The van der Waals surface area contributed by atoms with Crippen molar-refractivity contribution in [1.29, 1.82) is 0 Å². The SMILES string of the molecule is Cc1c(-c2cnn(C)c2)nn(-c2ccccc2)c1C.FC(F)(F)c1ccccn1. The lowest BCUT2D eigenvalue weighted by molar-refractivity contribution is -0.141. The van der Waals surface area contributed by atoms with Gasteiger partial charge in [0.25, 0.3) is 0 Å². The summed E-state index contributed by atoms with van der Waals surface area (Å²) in [6.45, 7) is 4.19. The first-order chi connectivity index (χ1) is 13.8. The van der Waals surface area contributed by atoms with Gasteiger partial charge >= 0.3 is 6.18 Å². The quantitative estimate of drug-likeness (QED) is 0.477. The standard InChI is InChI=1S/C15H16N4.C6H4F3N/c1-11-12(2)19(14-7-5-4-6-8-14)17-15(11)13-9-16-18(3)10-13;7-6(8,9)5-3-1-2-4-10-5/h4-10H,1-3H3;1-4H. The molecule has 4 aromatic rings. The van der Waals surface area contributed by atoms with Gasteiger partial charge < -0.3 is 0 Å². The Morgan fingerprint density at radius 2 is 1.62 bits per heavy atom. The highest BCUT2D eigenvalue weighted by molar-refractivity contribution is 5.63. The van der Waals surface area contributed by atoms with E-state index in [1.165, 1.54) is 17.7 Å². The molecule has 0 saturated carbocycles. The second-order valence-electron chi connectivity index (χ2n) is 6.42. The van der Waals surface area contributed by atoms with E-state index < -0.39 is 11.9 Å². The van der Waals surface area contributed by atoms with Crippen molar-refractivity contribution in [3.8, 4) is 16.9 Å². The predicted octanol–water partition coefficient (Wildman–Crippen LogP) is 4.99. The Hall–Kier alpha value is -3.42. The summed E-state index contributed by atoms with van der Waals surface area (Å²) >= 11 is 0. The third-order valence-corrected chi connectivity index (χ3v) is 4.35. The van der Waals surface area contributed by atoms with Crippen LogP contribution >= 0.6 is 0 Å². The molecule has 0 aliphatic heterocycles. The molecule has 0 unspecified atom stereocenters. The third kappa shape index (κ3) is 4.71. The highest BCUT2D eigenvalue weighted by Gasteiger charge is 2.31. The Morgan fingerprint density at radius 1 is 0.931 bits per heavy atom. The molecule has 5 nitrogen and oxygen atoms in total. The fraction of sp³-hybridized carbons (Fsp3) is 0.190. The Morgan fingerprint density at radius 3 is 2.14 bits per heavy atom. The van der Waals surface area contributed by atoms with E-state index in [9.17, 15) is 13.2 Å². The second kappa shape index (κ2) is 8.30. The number of aromatic nitrogens is 5. The topological polar surface area (TPSA) is 48.5 Å². The number of pyridine rings is 1. The van der Waals surface area contributed by atoms with Crippen molar-refractivity contribution >= 4 is 0 Å². The molecule has 0 radical (unpaired) electrons. The molecule has 0 aliphatic rings. The predicted molar refractivity (Wildman–Crippen MR) is 104 cm³/mol. The fourth-order valence-electron chi connectivity index (χ4n) is 2.75. The van der Waals surface area contributed by atoms with Crippen LogP contribution < -0.4 is 0 Å². The van der Waals surface area contributed by atoms with Gasteiger partial charge in [0.05, 0.1) is 17.6 Å². The number of hydrogen-bond donors (Lipinski definition) is 0. The van der Waals surface area contributed by atoms with E-state index in [4.69, 9.17) is 5.10 Å². The summed E-state index contributed by atoms with van der Waals surface area (Å²) in [5, 5.41) is 8.94. The van der Waals surface area contributed by atoms with Crippen molar-refractivity contribution < 1.29 is 13.2 Å². The van der Waals surface area contributed by atoms with Crippen molar-refractivity contribution in [2.45, 2.75) is 20.0 Å². The van der Waals surface area contributed by atoms with E-state index in [1.54, 1.807) is 4.68 Å². The highest BCUT2D eigenvalue weighted by atomic mass is 19.4. The van der Waals surface area contributed by atoms with Crippen LogP contribution in [0.1, 0.15) is 17.0 Å². The van der Waals surface area contributed by atoms with E-state index in [0.717, 1.165) is 34.9 Å². The minimum Gasteiger partial charge on any atom is -0.275 e. The Bertz CT molecular complexity index is 1070. The largest absolute Gasteiger partial charge is 0.433 e. The lowest BCUT2D eigenvalue weighted by Gasteiger charge is -2.03. The van der Waals surface area contributed by atoms with Crippen LogP contribution in [0.15, 0.2) is 67.1 Å². The zero-order chi connectivity index (χ0) is 21.0. The normalized spacial score (nSPS) is 11.1. The summed E-state index contributed by atoms with van der Waals surface area (Å²) < 4.78 is 39.0. The van der Waals surface area contributed by atoms with E-state index in [-0.39, 0.29) is 0 Å². The van der Waals surface area contributed by atoms with Crippen LogP contribution in [0.2, 0.25) is 0 Å². The first kappa shape index (κ1) is 20.3. The number of aryl methyl sites for hydroxylation is 1. The average molecular weight is 399 g/mol. The minimum atomic E-state index is -4.32. The van der Waals surface area contributed by atoms with Crippen molar-refractivity contribution in [2.75, 3.05) is 0 Å². The molecule has 8 heteroatoms. The molecule has 0 aliphatic carbocycles. The number of para-hydroxylation sites is 1. The van der Waals surface area contributed by atoms with Crippen LogP contribution in [0.3, 0.4) is 0 Å². The van der Waals surface area contributed by atoms with Crippen LogP contribution in [-0.2, 0) is 13.2 Å². The molecule has 0 spiro atoms. The maximum atomic E-state index is 11.7. The molecule has 0 saturated heterocycles. The number of rotatable bonds is 2. The van der Waals surface area contributed by atoms with Gasteiger partial charge in [0.1, 0.15) is 5.69 Å². The molecule has 0 bridgehead atoms. The van der Waals surface area contributed by atoms with E-state index in [1.807, 2.05) is 42.3 Å². The molecule has 0 N–H and O–H groups in total. The maximum Gasteiger partial charge on any atom is 0.433 e. The van der Waals surface area contributed by atoms with Crippen LogP contribution in [0.25, 0.3) is 16.9 Å². The summed E-state index contributed by atoms with van der Waals surface area (Å²) in [7, 11) is 1.92. The van der Waals surface area contributed by atoms with Crippen LogP contribution in [0.4, 0.5) is 13.2 Å². The van der Waals surface area contributed by atoms with Crippen LogP contribution in [0.5, 0.6) is 0 Å². The molecule has 4 rings (SSSR count). The molecular formula is C21H20F3N5. The monoisotopic (exact) mass is 399 g/mol. The fourth-order valence-corrected chi connectivity index (χ4v) is 2.75. The van der Waals surface area contributed by atoms with Gasteiger partial charge in [0.15, 0.2) is 0 Å². The van der Waals surface area contributed by atoms with Gasteiger partial charge in [-0.25, -0.2) is 4.68 Å². The van der Waals surface area contributed by atoms with Crippen LogP contribution in [-0.4, -0.2) is 24.5 Å². The Kier molecular flexibility index (Phi) is 5.81. The van der Waals surface area contributed by atoms with Gasteiger partial charge in [-0.05, 0) is 43.7 Å². The molecule has 3 aromatic heterocycles. The number of halogens is 3. The smallest absolute Gasteiger partial charge is 0.275 e. The number of nitrogens with zero attached hydrogens (tertiary/aromatic N) is 5. The first-order valence-corrected chi connectivity index (χ1v) is 8.86. The van der Waals surface area contributed by atoms with Gasteiger partial charge in [-0.15, -0.1) is 0 Å². The van der Waals surface area contributed by atoms with Crippen molar-refractivity contribution in [2.24, 2.45) is 7.05 Å². The number of alkyl halides is 3. The van der Waals surface area contributed by atoms with E-state index in [0.29, 0.717) is 0 Å². The summed E-state index contributed by atoms with van der Waals surface area (Å²) in [6.07, 6.45) is 0.637. The third-order valence-electron chi connectivity index (χ3n) is 4.35. The highest BCUT2D eigenvalue weighted by Crippen LogP contribution is 2.27. The van der Waals surface area contributed by atoms with E-state index >= 15 is 0 Å². The van der Waals surface area contributed by atoms with Gasteiger partial charge in [0, 0.05) is 30.7 Å². The second-order valence-corrected chi connectivity index (χ2v) is 6.42. The number of hydrogen-bond acceptors (Lipinski definition) is 3. The van der Waals surface area contributed by atoms with Crippen LogP contribution in [0, 0.1) is 13.8 Å². The average Bonchev–Trinajstić information content (AvgIpc) is 3.27. The molecule has 29 heavy (non-hydrogen) atoms. The van der Waals surface area contributed by atoms with Gasteiger partial charge in [-0.1, -0.05) is 24.3 Å². The maximum absolute atomic E-state index is 11.7. The van der Waals surface area contributed by atoms with Crippen molar-refractivity contribution in [3.05, 3.63) is 84.1 Å². The zero-order valence-electron chi connectivity index (χ0n) is 16.2. The molecule has 1 aromatic carbocycles. The number of benzene rings is 1. The molecule has 0 fully saturated rings. The molecule has 0 atom stereocenters.